The molecule has 0 bridgehead atoms. The average Bonchev–Trinajstić information content (AvgIpc) is 2.40. The number of rotatable bonds is 2. The van der Waals surface area contributed by atoms with Crippen LogP contribution >= 0.6 is 27.5 Å². The molecule has 2 rings (SSSR count). The van der Waals surface area contributed by atoms with Gasteiger partial charge in [0.25, 0.3) is 0 Å². The van der Waals surface area contributed by atoms with Crippen LogP contribution in [-0.4, -0.2) is 4.98 Å². The third-order valence-electron chi connectivity index (χ3n) is 2.80. The Kier molecular flexibility index (Phi) is 4.36. The summed E-state index contributed by atoms with van der Waals surface area (Å²) in [4.78, 5) is 3.72. The summed E-state index contributed by atoms with van der Waals surface area (Å²) in [7, 11) is 0. The SMILES string of the molecule is NC(c1ccc(Br)c(Cl)c1)c1cnccc1C(F)(F)F. The Morgan fingerprint density at radius 1 is 1.25 bits per heavy atom. The molecular weight excluding hydrogens is 357 g/mol. The second-order valence-corrected chi connectivity index (χ2v) is 5.37. The lowest BCUT2D eigenvalue weighted by Crippen LogP contribution is -2.18. The molecular formula is C13H9BrClF3N2. The van der Waals surface area contributed by atoms with Crippen LogP contribution in [-0.2, 0) is 6.18 Å². The smallest absolute Gasteiger partial charge is 0.320 e. The first-order chi connectivity index (χ1) is 9.30. The van der Waals surface area contributed by atoms with E-state index in [4.69, 9.17) is 17.3 Å². The zero-order valence-electron chi connectivity index (χ0n) is 9.96. The van der Waals surface area contributed by atoms with Crippen LogP contribution in [0.3, 0.4) is 0 Å². The van der Waals surface area contributed by atoms with Gasteiger partial charge in [-0.3, -0.25) is 4.98 Å². The van der Waals surface area contributed by atoms with Crippen molar-refractivity contribution in [1.29, 1.82) is 0 Å². The number of pyridine rings is 1. The third kappa shape index (κ3) is 3.13. The minimum atomic E-state index is -4.48. The van der Waals surface area contributed by atoms with E-state index < -0.39 is 17.8 Å². The van der Waals surface area contributed by atoms with Crippen molar-refractivity contribution in [2.45, 2.75) is 12.2 Å². The van der Waals surface area contributed by atoms with Crippen molar-refractivity contribution in [3.63, 3.8) is 0 Å². The van der Waals surface area contributed by atoms with Gasteiger partial charge in [0.2, 0.25) is 0 Å². The number of halogens is 5. The molecule has 0 aliphatic carbocycles. The van der Waals surface area contributed by atoms with Crippen LogP contribution in [0.4, 0.5) is 13.2 Å². The highest BCUT2D eigenvalue weighted by atomic mass is 79.9. The minimum Gasteiger partial charge on any atom is -0.320 e. The summed E-state index contributed by atoms with van der Waals surface area (Å²) in [5.41, 5.74) is 5.52. The maximum Gasteiger partial charge on any atom is 0.416 e. The molecule has 2 nitrogen and oxygen atoms in total. The van der Waals surface area contributed by atoms with Gasteiger partial charge in [0.05, 0.1) is 16.6 Å². The number of nitrogens with two attached hydrogens (primary N) is 1. The van der Waals surface area contributed by atoms with E-state index in [2.05, 4.69) is 20.9 Å². The highest BCUT2D eigenvalue weighted by Crippen LogP contribution is 2.36. The molecule has 0 radical (unpaired) electrons. The summed E-state index contributed by atoms with van der Waals surface area (Å²) >= 11 is 9.15. The number of aromatic nitrogens is 1. The van der Waals surface area contributed by atoms with Crippen molar-refractivity contribution in [2.75, 3.05) is 0 Å². The fraction of sp³-hybridized carbons (Fsp3) is 0.154. The number of hydrogen-bond donors (Lipinski definition) is 1. The highest BCUT2D eigenvalue weighted by Gasteiger charge is 2.34. The van der Waals surface area contributed by atoms with Crippen LogP contribution in [0.1, 0.15) is 22.7 Å². The van der Waals surface area contributed by atoms with Gasteiger partial charge in [-0.25, -0.2) is 0 Å². The second-order valence-electron chi connectivity index (χ2n) is 4.11. The molecule has 106 valence electrons. The van der Waals surface area contributed by atoms with Crippen LogP contribution < -0.4 is 5.73 Å². The molecule has 0 aliphatic heterocycles. The summed E-state index contributed by atoms with van der Waals surface area (Å²) in [6.45, 7) is 0. The first kappa shape index (κ1) is 15.3. The van der Waals surface area contributed by atoms with Gasteiger partial charge in [-0.1, -0.05) is 17.7 Å². The molecule has 7 heteroatoms. The molecule has 1 atom stereocenters. The highest BCUT2D eigenvalue weighted by molar-refractivity contribution is 9.10. The molecule has 2 aromatic rings. The Hall–Kier alpha value is -1.11. The van der Waals surface area contributed by atoms with Crippen LogP contribution in [0.15, 0.2) is 41.1 Å². The van der Waals surface area contributed by atoms with Gasteiger partial charge in [-0.15, -0.1) is 0 Å². The van der Waals surface area contributed by atoms with E-state index in [0.29, 0.717) is 15.1 Å². The first-order valence-electron chi connectivity index (χ1n) is 5.52. The topological polar surface area (TPSA) is 38.9 Å². The van der Waals surface area contributed by atoms with Gasteiger partial charge in [0.15, 0.2) is 0 Å². The van der Waals surface area contributed by atoms with Crippen molar-refractivity contribution in [1.82, 2.24) is 4.98 Å². The fourth-order valence-corrected chi connectivity index (χ4v) is 2.23. The molecule has 0 saturated heterocycles. The number of alkyl halides is 3. The number of hydrogen-bond acceptors (Lipinski definition) is 2. The number of nitrogens with zero attached hydrogens (tertiary/aromatic N) is 1. The predicted octanol–water partition coefficient (Wildman–Crippen LogP) is 4.56. The molecule has 0 aliphatic rings. The Bertz CT molecular complexity index is 631. The molecule has 0 spiro atoms. The maximum absolute atomic E-state index is 13.0. The lowest BCUT2D eigenvalue weighted by molar-refractivity contribution is -0.138. The minimum absolute atomic E-state index is 0.0848. The summed E-state index contributed by atoms with van der Waals surface area (Å²) in [6.07, 6.45) is -2.26. The van der Waals surface area contributed by atoms with Crippen molar-refractivity contribution >= 4 is 27.5 Å². The van der Waals surface area contributed by atoms with Crippen LogP contribution in [0.2, 0.25) is 5.02 Å². The molecule has 20 heavy (non-hydrogen) atoms. The normalized spacial score (nSPS) is 13.3. The Morgan fingerprint density at radius 3 is 2.55 bits per heavy atom. The van der Waals surface area contributed by atoms with E-state index in [9.17, 15) is 13.2 Å². The lowest BCUT2D eigenvalue weighted by Gasteiger charge is -2.18. The molecule has 0 amide bonds. The van der Waals surface area contributed by atoms with Crippen LogP contribution in [0.25, 0.3) is 0 Å². The van der Waals surface area contributed by atoms with Crippen molar-refractivity contribution in [2.24, 2.45) is 5.73 Å². The van der Waals surface area contributed by atoms with Gasteiger partial charge in [-0.05, 0) is 39.7 Å². The van der Waals surface area contributed by atoms with E-state index in [1.807, 2.05) is 0 Å². The zero-order valence-corrected chi connectivity index (χ0v) is 12.3. The standard InChI is InChI=1S/C13H9BrClF3N2/c14-10-2-1-7(5-11(10)15)12(19)8-6-20-4-3-9(8)13(16,17)18/h1-6,12H,19H2. The van der Waals surface area contributed by atoms with Gasteiger partial charge < -0.3 is 5.73 Å². The molecule has 2 N–H and O–H groups in total. The lowest BCUT2D eigenvalue weighted by atomic mass is 9.97. The van der Waals surface area contributed by atoms with Gasteiger partial charge in [-0.2, -0.15) is 13.2 Å². The monoisotopic (exact) mass is 364 g/mol. The van der Waals surface area contributed by atoms with Crippen molar-refractivity contribution in [3.05, 3.63) is 62.8 Å². The summed E-state index contributed by atoms with van der Waals surface area (Å²) in [6, 6.07) is 4.75. The number of benzene rings is 1. The Balaban J connectivity index is 2.48. The Labute approximate surface area is 126 Å². The molecule has 0 fully saturated rings. The summed E-state index contributed by atoms with van der Waals surface area (Å²) in [5, 5.41) is 0.385. The molecule has 1 aromatic heterocycles. The molecule has 1 aromatic carbocycles. The van der Waals surface area contributed by atoms with E-state index >= 15 is 0 Å². The zero-order chi connectivity index (χ0) is 14.9. The van der Waals surface area contributed by atoms with E-state index in [1.54, 1.807) is 12.1 Å². The molecule has 0 saturated carbocycles. The quantitative estimate of drug-likeness (QED) is 0.847. The molecule has 1 heterocycles. The van der Waals surface area contributed by atoms with Crippen LogP contribution in [0, 0.1) is 0 Å². The maximum atomic E-state index is 13.0. The third-order valence-corrected chi connectivity index (χ3v) is 4.03. The molecule has 1 unspecified atom stereocenters. The average molecular weight is 366 g/mol. The first-order valence-corrected chi connectivity index (χ1v) is 6.69. The van der Waals surface area contributed by atoms with E-state index in [-0.39, 0.29) is 5.56 Å². The predicted molar refractivity (Wildman–Crippen MR) is 74.4 cm³/mol. The second kappa shape index (κ2) is 5.71. The van der Waals surface area contributed by atoms with Crippen molar-refractivity contribution in [3.8, 4) is 0 Å². The Morgan fingerprint density at radius 2 is 1.95 bits per heavy atom. The van der Waals surface area contributed by atoms with Gasteiger partial charge in [0.1, 0.15) is 0 Å². The van der Waals surface area contributed by atoms with Gasteiger partial charge >= 0.3 is 6.18 Å². The van der Waals surface area contributed by atoms with E-state index in [1.165, 1.54) is 6.07 Å². The van der Waals surface area contributed by atoms with Gasteiger partial charge in [0, 0.05) is 22.4 Å². The van der Waals surface area contributed by atoms with Crippen molar-refractivity contribution < 1.29 is 13.2 Å². The summed E-state index contributed by atoms with van der Waals surface area (Å²) < 4.78 is 39.5. The van der Waals surface area contributed by atoms with Crippen LogP contribution in [0.5, 0.6) is 0 Å². The van der Waals surface area contributed by atoms with E-state index in [0.717, 1.165) is 18.5 Å². The largest absolute Gasteiger partial charge is 0.416 e. The fourth-order valence-electron chi connectivity index (χ4n) is 1.80. The summed E-state index contributed by atoms with van der Waals surface area (Å²) in [5.74, 6) is 0.